The van der Waals surface area contributed by atoms with Crippen LogP contribution in [0.1, 0.15) is 0 Å². The van der Waals surface area contributed by atoms with Gasteiger partial charge in [-0.2, -0.15) is 5.10 Å². The van der Waals surface area contributed by atoms with Gasteiger partial charge in [-0.15, -0.1) is 0 Å². The number of carbonyl (C=O) groups is 1. The number of nitrogens with zero attached hydrogens (tertiary/aromatic N) is 2. The fourth-order valence-corrected chi connectivity index (χ4v) is 1.67. The predicted octanol–water partition coefficient (Wildman–Crippen LogP) is 3.24. The second-order valence-corrected chi connectivity index (χ2v) is 5.14. The summed E-state index contributed by atoms with van der Waals surface area (Å²) in [6.45, 7) is 3.61. The molecule has 0 atom stereocenters. The van der Waals surface area contributed by atoms with Crippen LogP contribution in [0.15, 0.2) is 34.4 Å². The zero-order valence-electron chi connectivity index (χ0n) is 10.4. The van der Waals surface area contributed by atoms with Crippen LogP contribution in [0.2, 0.25) is 5.02 Å². The van der Waals surface area contributed by atoms with Crippen molar-refractivity contribution in [2.45, 2.75) is 0 Å². The molecule has 0 saturated carbocycles. The molecule has 1 aromatic rings. The van der Waals surface area contributed by atoms with Gasteiger partial charge in [0.25, 0.3) is 5.91 Å². The first-order valence-corrected chi connectivity index (χ1v) is 6.35. The molecule has 0 aromatic heterocycles. The Balaban J connectivity index is 2.97. The number of halogens is 3. The van der Waals surface area contributed by atoms with Gasteiger partial charge >= 0.3 is 0 Å². The molecule has 102 valence electrons. The van der Waals surface area contributed by atoms with Gasteiger partial charge in [0.15, 0.2) is 5.71 Å². The van der Waals surface area contributed by atoms with Crippen LogP contribution in [-0.2, 0) is 4.79 Å². The highest BCUT2D eigenvalue weighted by Gasteiger charge is 2.16. The number of rotatable bonds is 4. The van der Waals surface area contributed by atoms with E-state index in [0.717, 1.165) is 6.07 Å². The highest BCUT2D eigenvalue weighted by Crippen LogP contribution is 2.22. The molecule has 1 rings (SSSR count). The van der Waals surface area contributed by atoms with E-state index in [-0.39, 0.29) is 10.7 Å². The Morgan fingerprint density at radius 2 is 2.16 bits per heavy atom. The van der Waals surface area contributed by atoms with E-state index in [1.807, 2.05) is 0 Å². The van der Waals surface area contributed by atoms with E-state index < -0.39 is 11.7 Å². The standard InChI is InChI=1S/C12H12BrClFN3O/c1-7(13)11(17-18(2)3)12(19)16-10-5-4-8(15)6-9(10)14/h4-6H,1H2,2-3H3,(H,16,19)/b17-11+. The number of anilines is 1. The second-order valence-electron chi connectivity index (χ2n) is 3.78. The van der Waals surface area contributed by atoms with Gasteiger partial charge in [-0.1, -0.05) is 18.2 Å². The van der Waals surface area contributed by atoms with Crippen molar-refractivity contribution in [1.29, 1.82) is 0 Å². The molecule has 0 saturated heterocycles. The second kappa shape index (κ2) is 6.68. The van der Waals surface area contributed by atoms with Crippen molar-refractivity contribution >= 4 is 44.8 Å². The highest BCUT2D eigenvalue weighted by atomic mass is 79.9. The van der Waals surface area contributed by atoms with Gasteiger partial charge < -0.3 is 10.3 Å². The fraction of sp³-hybridized carbons (Fsp3) is 0.167. The third kappa shape index (κ3) is 4.65. The van der Waals surface area contributed by atoms with Crippen molar-refractivity contribution in [1.82, 2.24) is 5.01 Å². The fourth-order valence-electron chi connectivity index (χ4n) is 1.20. The normalized spacial score (nSPS) is 11.1. The lowest BCUT2D eigenvalue weighted by atomic mass is 10.3. The molecule has 0 heterocycles. The Hall–Kier alpha value is -1.40. The monoisotopic (exact) mass is 347 g/mol. The summed E-state index contributed by atoms with van der Waals surface area (Å²) < 4.78 is 13.2. The van der Waals surface area contributed by atoms with Crippen LogP contribution in [0.3, 0.4) is 0 Å². The number of hydrogen-bond donors (Lipinski definition) is 1. The van der Waals surface area contributed by atoms with Crippen LogP contribution in [0.4, 0.5) is 10.1 Å². The van der Waals surface area contributed by atoms with Crippen LogP contribution >= 0.6 is 27.5 Å². The first kappa shape index (κ1) is 15.7. The quantitative estimate of drug-likeness (QED) is 0.670. The average Bonchev–Trinajstić information content (AvgIpc) is 2.29. The van der Waals surface area contributed by atoms with Crippen LogP contribution < -0.4 is 5.32 Å². The minimum Gasteiger partial charge on any atom is -0.319 e. The molecule has 4 nitrogen and oxygen atoms in total. The Kier molecular flexibility index (Phi) is 5.50. The Morgan fingerprint density at radius 1 is 1.53 bits per heavy atom. The summed E-state index contributed by atoms with van der Waals surface area (Å²) >= 11 is 8.93. The number of hydrazone groups is 1. The minimum absolute atomic E-state index is 0.102. The van der Waals surface area contributed by atoms with Gasteiger partial charge in [0, 0.05) is 18.6 Å². The van der Waals surface area contributed by atoms with Crippen LogP contribution in [0.25, 0.3) is 0 Å². The summed E-state index contributed by atoms with van der Waals surface area (Å²) in [5, 5.41) is 8.11. The SMILES string of the molecule is C=C(Br)/C(=N\N(C)C)C(=O)Nc1ccc(F)cc1Cl. The molecular formula is C12H12BrClFN3O. The lowest BCUT2D eigenvalue weighted by Gasteiger charge is -2.11. The maximum absolute atomic E-state index is 12.9. The van der Waals surface area contributed by atoms with Crippen LogP contribution in [0, 0.1) is 5.82 Å². The van der Waals surface area contributed by atoms with E-state index in [9.17, 15) is 9.18 Å². The summed E-state index contributed by atoms with van der Waals surface area (Å²) in [4.78, 5) is 12.0. The van der Waals surface area contributed by atoms with Gasteiger partial charge in [-0.25, -0.2) is 4.39 Å². The molecule has 0 unspecified atom stereocenters. The lowest BCUT2D eigenvalue weighted by molar-refractivity contribution is -0.110. The van der Waals surface area contributed by atoms with E-state index >= 15 is 0 Å². The zero-order valence-corrected chi connectivity index (χ0v) is 12.7. The number of benzene rings is 1. The van der Waals surface area contributed by atoms with Crippen molar-refractivity contribution in [2.24, 2.45) is 5.10 Å². The van der Waals surface area contributed by atoms with Gasteiger partial charge in [0.2, 0.25) is 0 Å². The van der Waals surface area contributed by atoms with Crippen molar-refractivity contribution in [3.63, 3.8) is 0 Å². The van der Waals surface area contributed by atoms with Crippen molar-refractivity contribution in [3.05, 3.63) is 40.1 Å². The molecule has 19 heavy (non-hydrogen) atoms. The third-order valence-electron chi connectivity index (χ3n) is 1.95. The van der Waals surface area contributed by atoms with E-state index in [4.69, 9.17) is 11.6 Å². The predicted molar refractivity (Wildman–Crippen MR) is 79.2 cm³/mol. The number of nitrogens with one attached hydrogen (secondary N) is 1. The van der Waals surface area contributed by atoms with Gasteiger partial charge in [-0.05, 0) is 34.1 Å². The Labute approximate surface area is 124 Å². The molecule has 0 spiro atoms. The maximum atomic E-state index is 12.9. The molecule has 0 radical (unpaired) electrons. The van der Waals surface area contributed by atoms with Crippen LogP contribution in [0.5, 0.6) is 0 Å². The molecule has 1 amide bonds. The largest absolute Gasteiger partial charge is 0.319 e. The maximum Gasteiger partial charge on any atom is 0.277 e. The minimum atomic E-state index is -0.496. The molecule has 0 aliphatic heterocycles. The molecule has 0 aliphatic carbocycles. The molecule has 0 fully saturated rings. The molecule has 1 N–H and O–H groups in total. The lowest BCUT2D eigenvalue weighted by Crippen LogP contribution is -2.25. The summed E-state index contributed by atoms with van der Waals surface area (Å²) in [5.74, 6) is -0.973. The first-order valence-electron chi connectivity index (χ1n) is 5.18. The van der Waals surface area contributed by atoms with Crippen LogP contribution in [-0.4, -0.2) is 30.7 Å². The molecular weight excluding hydrogens is 337 g/mol. The summed E-state index contributed by atoms with van der Waals surface area (Å²) in [5.41, 5.74) is 0.402. The first-order chi connectivity index (χ1) is 8.81. The number of amides is 1. The van der Waals surface area contributed by atoms with Crippen molar-refractivity contribution < 1.29 is 9.18 Å². The summed E-state index contributed by atoms with van der Waals surface area (Å²) in [6, 6.07) is 3.69. The summed E-state index contributed by atoms with van der Waals surface area (Å²) in [7, 11) is 3.35. The zero-order chi connectivity index (χ0) is 14.6. The molecule has 0 aliphatic rings. The molecule has 1 aromatic carbocycles. The van der Waals surface area contributed by atoms with Gasteiger partial charge in [-0.3, -0.25) is 4.79 Å². The van der Waals surface area contributed by atoms with Crippen molar-refractivity contribution in [2.75, 3.05) is 19.4 Å². The average molecular weight is 349 g/mol. The van der Waals surface area contributed by atoms with E-state index in [1.165, 1.54) is 17.1 Å². The molecule has 0 bridgehead atoms. The number of hydrogen-bond acceptors (Lipinski definition) is 3. The smallest absolute Gasteiger partial charge is 0.277 e. The Morgan fingerprint density at radius 3 is 2.63 bits per heavy atom. The van der Waals surface area contributed by atoms with E-state index in [0.29, 0.717) is 10.2 Å². The van der Waals surface area contributed by atoms with E-state index in [1.54, 1.807) is 14.1 Å². The van der Waals surface area contributed by atoms with Crippen molar-refractivity contribution in [3.8, 4) is 0 Å². The summed E-state index contributed by atoms with van der Waals surface area (Å²) in [6.07, 6.45) is 0. The number of carbonyl (C=O) groups excluding carboxylic acids is 1. The van der Waals surface area contributed by atoms with Gasteiger partial charge in [0.1, 0.15) is 5.82 Å². The molecule has 7 heteroatoms. The van der Waals surface area contributed by atoms with E-state index in [2.05, 4.69) is 32.9 Å². The van der Waals surface area contributed by atoms with Gasteiger partial charge in [0.05, 0.1) is 10.7 Å². The third-order valence-corrected chi connectivity index (χ3v) is 2.64. The highest BCUT2D eigenvalue weighted by molar-refractivity contribution is 9.12. The Bertz CT molecular complexity index is 546. The topological polar surface area (TPSA) is 44.7 Å².